The molecule has 2 N–H and O–H groups in total. The lowest BCUT2D eigenvalue weighted by atomic mass is 9.88. The molecule has 0 spiro atoms. The average Bonchev–Trinajstić information content (AvgIpc) is 2.17. The molecule has 0 heterocycles. The van der Waals surface area contributed by atoms with Gasteiger partial charge in [-0.1, -0.05) is 17.8 Å². The number of hydrogen-bond acceptors (Lipinski definition) is 2. The zero-order valence-corrected chi connectivity index (χ0v) is 9.07. The molecule has 0 saturated carbocycles. The first kappa shape index (κ1) is 10.9. The average molecular weight is 229 g/mol. The van der Waals surface area contributed by atoms with Gasteiger partial charge in [0.2, 0.25) is 0 Å². The maximum Gasteiger partial charge on any atom is 0.288 e. The second kappa shape index (κ2) is 4.49. The van der Waals surface area contributed by atoms with E-state index in [0.29, 0.717) is 16.7 Å². The van der Waals surface area contributed by atoms with Gasteiger partial charge in [0.05, 0.1) is 0 Å². The number of aryl methyl sites for hydroxylation is 1. The maximum absolute atomic E-state index is 12.2. The topological polar surface area (TPSA) is 26.0 Å². The van der Waals surface area contributed by atoms with E-state index in [9.17, 15) is 8.78 Å². The Labute approximate surface area is 92.0 Å². The molecule has 0 amide bonds. The van der Waals surface area contributed by atoms with Crippen LogP contribution in [0.2, 0.25) is 0 Å². The Balaban J connectivity index is 2.25. The number of thioether (sulfide) groups is 1. The van der Waals surface area contributed by atoms with Crippen molar-refractivity contribution < 1.29 is 8.78 Å². The van der Waals surface area contributed by atoms with Gasteiger partial charge in [0.1, 0.15) is 0 Å². The molecule has 15 heavy (non-hydrogen) atoms. The highest BCUT2D eigenvalue weighted by Gasteiger charge is 2.17. The summed E-state index contributed by atoms with van der Waals surface area (Å²) in [7, 11) is 0. The first-order chi connectivity index (χ1) is 7.16. The fourth-order valence-electron chi connectivity index (χ4n) is 2.00. The van der Waals surface area contributed by atoms with Crippen molar-refractivity contribution in [2.75, 3.05) is 0 Å². The van der Waals surface area contributed by atoms with Crippen molar-refractivity contribution in [3.63, 3.8) is 0 Å². The van der Waals surface area contributed by atoms with E-state index in [1.165, 1.54) is 0 Å². The highest BCUT2D eigenvalue weighted by atomic mass is 32.2. The molecule has 1 unspecified atom stereocenters. The molecule has 0 fully saturated rings. The minimum Gasteiger partial charge on any atom is -0.324 e. The summed E-state index contributed by atoms with van der Waals surface area (Å²) in [5.41, 5.74) is 8.21. The standard InChI is InChI=1S/C11H13F2NS/c12-11(13)15-8-4-5-9-7(6-8)2-1-3-10(9)14/h4-6,10-11H,1-3,14H2. The van der Waals surface area contributed by atoms with Gasteiger partial charge in [-0.3, -0.25) is 0 Å². The quantitative estimate of drug-likeness (QED) is 0.787. The molecular formula is C11H13F2NS. The van der Waals surface area contributed by atoms with Crippen LogP contribution in [0.25, 0.3) is 0 Å². The molecular weight excluding hydrogens is 216 g/mol. The molecule has 0 bridgehead atoms. The van der Waals surface area contributed by atoms with Crippen molar-refractivity contribution in [2.45, 2.75) is 36.0 Å². The molecule has 1 atom stereocenters. The summed E-state index contributed by atoms with van der Waals surface area (Å²) >= 11 is 0.598. The van der Waals surface area contributed by atoms with Crippen molar-refractivity contribution in [3.05, 3.63) is 29.3 Å². The van der Waals surface area contributed by atoms with Gasteiger partial charge >= 0.3 is 0 Å². The molecule has 82 valence electrons. The Bertz CT molecular complexity index is 354. The zero-order chi connectivity index (χ0) is 10.8. The van der Waals surface area contributed by atoms with Gasteiger partial charge in [0, 0.05) is 10.9 Å². The van der Waals surface area contributed by atoms with Gasteiger partial charge in [0.25, 0.3) is 5.76 Å². The maximum atomic E-state index is 12.2. The summed E-state index contributed by atoms with van der Waals surface area (Å²) in [6.45, 7) is 0. The van der Waals surface area contributed by atoms with Gasteiger partial charge in [-0.25, -0.2) is 0 Å². The largest absolute Gasteiger partial charge is 0.324 e. The molecule has 0 radical (unpaired) electrons. The fraction of sp³-hybridized carbons (Fsp3) is 0.455. The highest BCUT2D eigenvalue weighted by Crippen LogP contribution is 2.33. The number of hydrogen-bond donors (Lipinski definition) is 1. The van der Waals surface area contributed by atoms with E-state index >= 15 is 0 Å². The van der Waals surface area contributed by atoms with Crippen molar-refractivity contribution in [3.8, 4) is 0 Å². The predicted molar refractivity (Wildman–Crippen MR) is 58.2 cm³/mol. The zero-order valence-electron chi connectivity index (χ0n) is 8.25. The molecule has 2 rings (SSSR count). The minimum atomic E-state index is -2.35. The van der Waals surface area contributed by atoms with Crippen LogP contribution in [0.1, 0.15) is 30.0 Å². The number of benzene rings is 1. The van der Waals surface area contributed by atoms with Crippen LogP contribution in [0.15, 0.2) is 23.1 Å². The SMILES string of the molecule is NC1CCCc2cc(SC(F)F)ccc21. The van der Waals surface area contributed by atoms with E-state index in [0.717, 1.165) is 30.4 Å². The number of rotatable bonds is 2. The minimum absolute atomic E-state index is 0.0827. The summed E-state index contributed by atoms with van der Waals surface area (Å²) in [5, 5.41) is 0. The second-order valence-corrected chi connectivity index (χ2v) is 4.80. The molecule has 1 aliphatic carbocycles. The van der Waals surface area contributed by atoms with Gasteiger partial charge in [-0.15, -0.1) is 0 Å². The van der Waals surface area contributed by atoms with Crippen LogP contribution in [-0.2, 0) is 6.42 Å². The molecule has 1 aliphatic rings. The summed E-state index contributed by atoms with van der Waals surface area (Å²) in [6.07, 6.45) is 3.01. The van der Waals surface area contributed by atoms with Gasteiger partial charge < -0.3 is 5.73 Å². The predicted octanol–water partition coefficient (Wildman–Crippen LogP) is 3.34. The summed E-state index contributed by atoms with van der Waals surface area (Å²) in [6, 6.07) is 5.56. The third-order valence-electron chi connectivity index (χ3n) is 2.70. The van der Waals surface area contributed by atoms with Crippen molar-refractivity contribution >= 4 is 11.8 Å². The molecule has 1 aromatic carbocycles. The lowest BCUT2D eigenvalue weighted by Crippen LogP contribution is -2.17. The van der Waals surface area contributed by atoms with Gasteiger partial charge in [-0.2, -0.15) is 8.78 Å². The highest BCUT2D eigenvalue weighted by molar-refractivity contribution is 7.99. The van der Waals surface area contributed by atoms with Crippen LogP contribution in [0, 0.1) is 0 Å². The van der Waals surface area contributed by atoms with Crippen molar-refractivity contribution in [2.24, 2.45) is 5.73 Å². The monoisotopic (exact) mass is 229 g/mol. The molecule has 1 aromatic rings. The van der Waals surface area contributed by atoms with Crippen LogP contribution in [0.4, 0.5) is 8.78 Å². The van der Waals surface area contributed by atoms with Gasteiger partial charge in [-0.05, 0) is 42.5 Å². The molecule has 1 nitrogen and oxygen atoms in total. The number of halogens is 2. The number of nitrogens with two attached hydrogens (primary N) is 1. The molecule has 4 heteroatoms. The van der Waals surface area contributed by atoms with E-state index in [2.05, 4.69) is 0 Å². The van der Waals surface area contributed by atoms with Crippen molar-refractivity contribution in [1.29, 1.82) is 0 Å². The first-order valence-corrected chi connectivity index (χ1v) is 5.88. The summed E-state index contributed by atoms with van der Waals surface area (Å²) < 4.78 is 24.3. The van der Waals surface area contributed by atoms with Crippen LogP contribution in [-0.4, -0.2) is 5.76 Å². The number of alkyl halides is 2. The third kappa shape index (κ3) is 2.49. The normalized spacial score (nSPS) is 20.4. The van der Waals surface area contributed by atoms with Crippen LogP contribution >= 0.6 is 11.8 Å². The molecule has 0 saturated heterocycles. The Morgan fingerprint density at radius 1 is 1.40 bits per heavy atom. The van der Waals surface area contributed by atoms with Crippen LogP contribution < -0.4 is 5.73 Å². The van der Waals surface area contributed by atoms with E-state index in [-0.39, 0.29) is 6.04 Å². The van der Waals surface area contributed by atoms with E-state index < -0.39 is 5.76 Å². The number of fused-ring (bicyclic) bond motifs is 1. The van der Waals surface area contributed by atoms with E-state index in [4.69, 9.17) is 5.73 Å². The Morgan fingerprint density at radius 3 is 2.93 bits per heavy atom. The Hall–Kier alpha value is -0.610. The summed E-state index contributed by atoms with van der Waals surface area (Å²) in [4.78, 5) is 0.637. The third-order valence-corrected chi connectivity index (χ3v) is 3.40. The van der Waals surface area contributed by atoms with E-state index in [1.54, 1.807) is 6.07 Å². The Kier molecular flexibility index (Phi) is 3.26. The van der Waals surface area contributed by atoms with Crippen LogP contribution in [0.5, 0.6) is 0 Å². The first-order valence-electron chi connectivity index (χ1n) is 5.00. The molecule has 0 aromatic heterocycles. The fourth-order valence-corrected chi connectivity index (χ4v) is 2.57. The second-order valence-electron chi connectivity index (χ2n) is 3.74. The summed E-state index contributed by atoms with van der Waals surface area (Å²) in [5.74, 6) is -2.35. The van der Waals surface area contributed by atoms with Gasteiger partial charge in [0.15, 0.2) is 0 Å². The lowest BCUT2D eigenvalue weighted by Gasteiger charge is -2.22. The van der Waals surface area contributed by atoms with Crippen LogP contribution in [0.3, 0.4) is 0 Å². The lowest BCUT2D eigenvalue weighted by molar-refractivity contribution is 0.252. The Morgan fingerprint density at radius 2 is 2.20 bits per heavy atom. The smallest absolute Gasteiger partial charge is 0.288 e. The molecule has 0 aliphatic heterocycles. The van der Waals surface area contributed by atoms with Crippen molar-refractivity contribution in [1.82, 2.24) is 0 Å². The van der Waals surface area contributed by atoms with E-state index in [1.807, 2.05) is 12.1 Å².